The molecule has 2 N–H and O–H groups in total. The normalized spacial score (nSPS) is 21.1. The number of aromatic nitrogens is 4. The lowest BCUT2D eigenvalue weighted by Crippen LogP contribution is -2.19. The van der Waals surface area contributed by atoms with Crippen molar-refractivity contribution in [3.63, 3.8) is 0 Å². The van der Waals surface area contributed by atoms with E-state index in [-0.39, 0.29) is 0 Å². The summed E-state index contributed by atoms with van der Waals surface area (Å²) in [6, 6.07) is 2.45. The van der Waals surface area contributed by atoms with Gasteiger partial charge in [0.2, 0.25) is 0 Å². The molecule has 0 amide bonds. The number of aliphatic hydroxyl groups excluding tert-OH is 1. The highest BCUT2D eigenvalue weighted by molar-refractivity contribution is 7.99. The smallest absolute Gasteiger partial charge is 0.139 e. The molecule has 3 aromatic heterocycles. The summed E-state index contributed by atoms with van der Waals surface area (Å²) < 4.78 is 2.25. The predicted octanol–water partition coefficient (Wildman–Crippen LogP) is 3.03. The van der Waals surface area contributed by atoms with Crippen LogP contribution in [-0.2, 0) is 0 Å². The third-order valence-corrected chi connectivity index (χ3v) is 5.33. The average molecular weight is 302 g/mol. The molecule has 1 unspecified atom stereocenters. The number of hydrogen-bond acceptors (Lipinski definition) is 4. The molecule has 21 heavy (non-hydrogen) atoms. The Hall–Kier alpha value is -1.53. The Labute approximate surface area is 126 Å². The Morgan fingerprint density at radius 1 is 1.52 bits per heavy atom. The van der Waals surface area contributed by atoms with Crippen molar-refractivity contribution >= 4 is 33.8 Å². The molecule has 3 aromatic rings. The van der Waals surface area contributed by atoms with E-state index in [9.17, 15) is 5.11 Å². The molecule has 0 saturated carbocycles. The zero-order valence-electron chi connectivity index (χ0n) is 11.9. The monoisotopic (exact) mass is 302 g/mol. The van der Waals surface area contributed by atoms with E-state index in [1.807, 2.05) is 24.0 Å². The molecule has 1 aliphatic rings. The van der Waals surface area contributed by atoms with Crippen molar-refractivity contribution in [2.24, 2.45) is 0 Å². The van der Waals surface area contributed by atoms with E-state index in [1.165, 1.54) is 12.2 Å². The van der Waals surface area contributed by atoms with Gasteiger partial charge in [0.05, 0.1) is 11.7 Å². The van der Waals surface area contributed by atoms with Gasteiger partial charge in [0.15, 0.2) is 0 Å². The number of fused-ring (bicyclic) bond motifs is 3. The van der Waals surface area contributed by atoms with E-state index in [0.717, 1.165) is 40.1 Å². The second kappa shape index (κ2) is 5.03. The zero-order chi connectivity index (χ0) is 14.4. The first-order valence-corrected chi connectivity index (χ1v) is 8.51. The SMILES string of the molecule is C[C@@H](O)c1nc2cnc3[nH]ccc3c2n1C1CCCSC1. The van der Waals surface area contributed by atoms with Crippen molar-refractivity contribution in [1.82, 2.24) is 19.5 Å². The fourth-order valence-corrected chi connectivity index (χ4v) is 4.33. The Morgan fingerprint density at radius 3 is 3.19 bits per heavy atom. The first kappa shape index (κ1) is 13.2. The van der Waals surface area contributed by atoms with Gasteiger partial charge in [0, 0.05) is 23.4 Å². The zero-order valence-corrected chi connectivity index (χ0v) is 12.7. The fraction of sp³-hybridized carbons (Fsp3) is 0.467. The largest absolute Gasteiger partial charge is 0.385 e. The van der Waals surface area contributed by atoms with Gasteiger partial charge in [-0.15, -0.1) is 0 Å². The third-order valence-electron chi connectivity index (χ3n) is 4.14. The highest BCUT2D eigenvalue weighted by Crippen LogP contribution is 2.35. The molecule has 0 spiro atoms. The Balaban J connectivity index is 2.03. The van der Waals surface area contributed by atoms with Crippen LogP contribution in [0, 0.1) is 0 Å². The molecule has 110 valence electrons. The van der Waals surface area contributed by atoms with E-state index in [2.05, 4.69) is 19.5 Å². The minimum Gasteiger partial charge on any atom is -0.385 e. The van der Waals surface area contributed by atoms with Crippen molar-refractivity contribution in [2.75, 3.05) is 11.5 Å². The van der Waals surface area contributed by atoms with Gasteiger partial charge >= 0.3 is 0 Å². The van der Waals surface area contributed by atoms with Crippen LogP contribution in [0.2, 0.25) is 0 Å². The molecular formula is C15H18N4OS. The van der Waals surface area contributed by atoms with Crippen LogP contribution in [0.4, 0.5) is 0 Å². The van der Waals surface area contributed by atoms with Crippen molar-refractivity contribution < 1.29 is 5.11 Å². The first-order valence-electron chi connectivity index (χ1n) is 7.35. The summed E-state index contributed by atoms with van der Waals surface area (Å²) in [6.45, 7) is 1.79. The summed E-state index contributed by atoms with van der Waals surface area (Å²) in [4.78, 5) is 12.2. The third kappa shape index (κ3) is 2.05. The van der Waals surface area contributed by atoms with Gasteiger partial charge in [0.25, 0.3) is 0 Å². The molecule has 1 saturated heterocycles. The van der Waals surface area contributed by atoms with Gasteiger partial charge in [0.1, 0.15) is 23.1 Å². The lowest BCUT2D eigenvalue weighted by molar-refractivity contribution is 0.181. The highest BCUT2D eigenvalue weighted by atomic mass is 32.2. The molecule has 6 heteroatoms. The van der Waals surface area contributed by atoms with Crippen LogP contribution >= 0.6 is 11.8 Å². The van der Waals surface area contributed by atoms with Crippen molar-refractivity contribution in [1.29, 1.82) is 0 Å². The number of thioether (sulfide) groups is 1. The topological polar surface area (TPSA) is 66.7 Å². The number of aliphatic hydroxyl groups is 1. The Morgan fingerprint density at radius 2 is 2.43 bits per heavy atom. The number of nitrogens with zero attached hydrogens (tertiary/aromatic N) is 3. The number of hydrogen-bond donors (Lipinski definition) is 2. The summed E-state index contributed by atoms with van der Waals surface area (Å²) in [6.07, 6.45) is 5.50. The fourth-order valence-electron chi connectivity index (χ4n) is 3.20. The molecule has 4 heterocycles. The lowest BCUT2D eigenvalue weighted by Gasteiger charge is -2.26. The van der Waals surface area contributed by atoms with Gasteiger partial charge in [-0.1, -0.05) is 0 Å². The van der Waals surface area contributed by atoms with E-state index in [0.29, 0.717) is 6.04 Å². The molecule has 2 atom stereocenters. The molecule has 5 nitrogen and oxygen atoms in total. The van der Waals surface area contributed by atoms with Crippen LogP contribution in [0.1, 0.15) is 37.7 Å². The summed E-state index contributed by atoms with van der Waals surface area (Å²) in [7, 11) is 0. The molecule has 0 aliphatic carbocycles. The molecule has 0 bridgehead atoms. The second-order valence-electron chi connectivity index (χ2n) is 5.62. The predicted molar refractivity (Wildman–Crippen MR) is 85.6 cm³/mol. The number of rotatable bonds is 2. The van der Waals surface area contributed by atoms with Crippen LogP contribution < -0.4 is 0 Å². The molecule has 4 rings (SSSR count). The van der Waals surface area contributed by atoms with Crippen LogP contribution in [0.25, 0.3) is 22.1 Å². The molecule has 0 aromatic carbocycles. The summed E-state index contributed by atoms with van der Waals surface area (Å²) in [5.74, 6) is 3.07. The van der Waals surface area contributed by atoms with E-state index in [1.54, 1.807) is 13.1 Å². The van der Waals surface area contributed by atoms with Crippen molar-refractivity contribution in [3.05, 3.63) is 24.3 Å². The van der Waals surface area contributed by atoms with Gasteiger partial charge in [-0.25, -0.2) is 9.97 Å². The number of pyridine rings is 1. The summed E-state index contributed by atoms with van der Waals surface area (Å²) in [5.41, 5.74) is 2.85. The van der Waals surface area contributed by atoms with Crippen LogP contribution in [0.15, 0.2) is 18.5 Å². The van der Waals surface area contributed by atoms with Crippen LogP contribution in [0.5, 0.6) is 0 Å². The average Bonchev–Trinajstić information content (AvgIpc) is 3.11. The van der Waals surface area contributed by atoms with Crippen molar-refractivity contribution in [3.8, 4) is 0 Å². The number of H-pyrrole nitrogens is 1. The van der Waals surface area contributed by atoms with Crippen LogP contribution in [-0.4, -0.2) is 36.1 Å². The van der Waals surface area contributed by atoms with Crippen LogP contribution in [0.3, 0.4) is 0 Å². The molecule has 1 fully saturated rings. The maximum absolute atomic E-state index is 10.1. The molecular weight excluding hydrogens is 284 g/mol. The van der Waals surface area contributed by atoms with E-state index in [4.69, 9.17) is 0 Å². The second-order valence-corrected chi connectivity index (χ2v) is 6.77. The minimum absolute atomic E-state index is 0.402. The first-order chi connectivity index (χ1) is 10.3. The maximum atomic E-state index is 10.1. The molecule has 1 aliphatic heterocycles. The quantitative estimate of drug-likeness (QED) is 0.763. The van der Waals surface area contributed by atoms with Gasteiger partial charge in [-0.3, -0.25) is 0 Å². The standard InChI is InChI=1S/C15H18N4OS/c1-9(20)15-18-12-7-17-14-11(4-5-16-14)13(12)19(15)10-3-2-6-21-8-10/h4-5,7,9-10,20H,2-3,6,8H2,1H3,(H,16,17)/t9-,10?/m1/s1. The summed E-state index contributed by atoms with van der Waals surface area (Å²) in [5, 5.41) is 11.2. The number of nitrogens with one attached hydrogen (secondary N) is 1. The van der Waals surface area contributed by atoms with Gasteiger partial charge in [-0.2, -0.15) is 11.8 Å². The Kier molecular flexibility index (Phi) is 3.15. The number of imidazole rings is 1. The summed E-state index contributed by atoms with van der Waals surface area (Å²) >= 11 is 1.98. The number of aromatic amines is 1. The van der Waals surface area contributed by atoms with Gasteiger partial charge < -0.3 is 14.7 Å². The maximum Gasteiger partial charge on any atom is 0.139 e. The van der Waals surface area contributed by atoms with E-state index >= 15 is 0 Å². The Bertz CT molecular complexity index is 786. The molecule has 0 radical (unpaired) electrons. The minimum atomic E-state index is -0.571. The highest BCUT2D eigenvalue weighted by Gasteiger charge is 2.25. The lowest BCUT2D eigenvalue weighted by atomic mass is 10.1. The van der Waals surface area contributed by atoms with Gasteiger partial charge in [-0.05, 0) is 31.6 Å². The van der Waals surface area contributed by atoms with E-state index < -0.39 is 6.10 Å². The van der Waals surface area contributed by atoms with Crippen molar-refractivity contribution in [2.45, 2.75) is 31.9 Å².